The number of aromatic nitrogens is 3. The van der Waals surface area contributed by atoms with Crippen LogP contribution in [0, 0.1) is 0 Å². The van der Waals surface area contributed by atoms with Gasteiger partial charge in [0.2, 0.25) is 0 Å². The Hall–Kier alpha value is -3.80. The number of anilines is 1. The van der Waals surface area contributed by atoms with Crippen molar-refractivity contribution in [3.8, 4) is 17.1 Å². The molecule has 6 heteroatoms. The van der Waals surface area contributed by atoms with Gasteiger partial charge in [0, 0.05) is 28.9 Å². The van der Waals surface area contributed by atoms with E-state index in [9.17, 15) is 5.11 Å². The molecule has 2 heterocycles. The van der Waals surface area contributed by atoms with Crippen molar-refractivity contribution in [2.75, 3.05) is 5.43 Å². The molecule has 0 aliphatic heterocycles. The van der Waals surface area contributed by atoms with Crippen LogP contribution in [-0.4, -0.2) is 26.3 Å². The van der Waals surface area contributed by atoms with Gasteiger partial charge in [-0.1, -0.05) is 24.3 Å². The predicted molar refractivity (Wildman–Crippen MR) is 102 cm³/mol. The fraction of sp³-hybridized carbons (Fsp3) is 0. The molecule has 0 fully saturated rings. The zero-order chi connectivity index (χ0) is 17.8. The highest BCUT2D eigenvalue weighted by Gasteiger charge is 2.08. The average Bonchev–Trinajstić information content (AvgIpc) is 2.70. The van der Waals surface area contributed by atoms with Gasteiger partial charge in [-0.25, -0.2) is 9.97 Å². The van der Waals surface area contributed by atoms with Crippen LogP contribution in [-0.2, 0) is 0 Å². The van der Waals surface area contributed by atoms with E-state index in [0.29, 0.717) is 17.2 Å². The second-order valence-electron chi connectivity index (χ2n) is 5.58. The van der Waals surface area contributed by atoms with Gasteiger partial charge in [-0.3, -0.25) is 10.4 Å². The molecule has 0 bridgehead atoms. The van der Waals surface area contributed by atoms with Gasteiger partial charge in [-0.2, -0.15) is 5.10 Å². The quantitative estimate of drug-likeness (QED) is 0.435. The Morgan fingerprint density at radius 1 is 0.923 bits per heavy atom. The minimum atomic E-state index is 0.168. The van der Waals surface area contributed by atoms with Crippen molar-refractivity contribution in [3.63, 3.8) is 0 Å². The lowest BCUT2D eigenvalue weighted by molar-refractivity contribution is 0.474. The third kappa shape index (κ3) is 3.21. The number of phenols is 1. The van der Waals surface area contributed by atoms with Crippen molar-refractivity contribution >= 4 is 22.9 Å². The molecule has 0 saturated carbocycles. The van der Waals surface area contributed by atoms with Crippen LogP contribution in [0.1, 0.15) is 5.56 Å². The minimum Gasteiger partial charge on any atom is -0.507 e. The molecular formula is C20H15N5O. The maximum Gasteiger partial charge on any atom is 0.163 e. The van der Waals surface area contributed by atoms with Crippen LogP contribution < -0.4 is 5.43 Å². The van der Waals surface area contributed by atoms with Crippen LogP contribution in [0.4, 0.5) is 5.82 Å². The Labute approximate surface area is 149 Å². The Morgan fingerprint density at radius 2 is 1.77 bits per heavy atom. The van der Waals surface area contributed by atoms with Gasteiger partial charge < -0.3 is 5.11 Å². The van der Waals surface area contributed by atoms with E-state index in [-0.39, 0.29) is 5.75 Å². The molecule has 2 aromatic heterocycles. The summed E-state index contributed by atoms with van der Waals surface area (Å²) in [5.41, 5.74) is 5.21. The zero-order valence-corrected chi connectivity index (χ0v) is 13.7. The van der Waals surface area contributed by atoms with Crippen LogP contribution in [0.3, 0.4) is 0 Å². The third-order valence-electron chi connectivity index (χ3n) is 3.83. The average molecular weight is 341 g/mol. The van der Waals surface area contributed by atoms with Crippen molar-refractivity contribution < 1.29 is 5.11 Å². The van der Waals surface area contributed by atoms with Crippen LogP contribution in [0.2, 0.25) is 0 Å². The molecule has 2 aromatic carbocycles. The highest BCUT2D eigenvalue weighted by atomic mass is 16.3. The number of hydrazone groups is 1. The largest absolute Gasteiger partial charge is 0.507 e. The predicted octanol–water partition coefficient (Wildman–Crippen LogP) is 3.84. The monoisotopic (exact) mass is 341 g/mol. The molecule has 4 aromatic rings. The first-order valence-corrected chi connectivity index (χ1v) is 8.05. The van der Waals surface area contributed by atoms with Crippen LogP contribution >= 0.6 is 0 Å². The smallest absolute Gasteiger partial charge is 0.163 e. The summed E-state index contributed by atoms with van der Waals surface area (Å²) in [5, 5.41) is 14.9. The zero-order valence-electron chi connectivity index (χ0n) is 13.7. The van der Waals surface area contributed by atoms with Crippen LogP contribution in [0.25, 0.3) is 22.3 Å². The maximum absolute atomic E-state index is 9.82. The summed E-state index contributed by atoms with van der Waals surface area (Å²) in [5.74, 6) is 1.32. The van der Waals surface area contributed by atoms with Crippen molar-refractivity contribution in [2.45, 2.75) is 0 Å². The number of para-hydroxylation sites is 2. The van der Waals surface area contributed by atoms with Gasteiger partial charge in [-0.15, -0.1) is 0 Å². The molecular weight excluding hydrogens is 326 g/mol. The molecule has 0 radical (unpaired) electrons. The minimum absolute atomic E-state index is 0.168. The first-order valence-electron chi connectivity index (χ1n) is 8.05. The number of rotatable bonds is 4. The van der Waals surface area contributed by atoms with Crippen molar-refractivity contribution in [2.24, 2.45) is 5.10 Å². The molecule has 26 heavy (non-hydrogen) atoms. The van der Waals surface area contributed by atoms with E-state index in [1.807, 2.05) is 42.5 Å². The van der Waals surface area contributed by atoms with Gasteiger partial charge in [0.15, 0.2) is 11.6 Å². The topological polar surface area (TPSA) is 83.3 Å². The normalized spacial score (nSPS) is 11.1. The number of aromatic hydroxyl groups is 1. The lowest BCUT2D eigenvalue weighted by Crippen LogP contribution is -1.99. The summed E-state index contributed by atoms with van der Waals surface area (Å²) in [4.78, 5) is 13.3. The first-order chi connectivity index (χ1) is 12.8. The SMILES string of the molecule is Oc1ccccc1C=NNc1nc(-c2cccnc2)nc2ccccc12. The summed E-state index contributed by atoms with van der Waals surface area (Å²) in [6.07, 6.45) is 4.98. The number of phenolic OH excluding ortho intramolecular Hbond substituents is 1. The molecule has 2 N–H and O–H groups in total. The number of fused-ring (bicyclic) bond motifs is 1. The van der Waals surface area contributed by atoms with Gasteiger partial charge >= 0.3 is 0 Å². The fourth-order valence-corrected chi connectivity index (χ4v) is 2.55. The fourth-order valence-electron chi connectivity index (χ4n) is 2.55. The maximum atomic E-state index is 9.82. The second-order valence-corrected chi connectivity index (χ2v) is 5.58. The Morgan fingerprint density at radius 3 is 2.62 bits per heavy atom. The summed E-state index contributed by atoms with van der Waals surface area (Å²) in [7, 11) is 0. The summed E-state index contributed by atoms with van der Waals surface area (Å²) in [6, 6.07) is 18.4. The molecule has 0 unspecified atom stereocenters. The number of benzene rings is 2. The standard InChI is InChI=1S/C20H15N5O/c26-18-10-4-1-6-14(18)13-22-25-20-16-8-2-3-9-17(16)23-19(24-20)15-7-5-11-21-12-15/h1-13,26H,(H,23,24,25). The van der Waals surface area contributed by atoms with E-state index in [0.717, 1.165) is 16.5 Å². The van der Waals surface area contributed by atoms with E-state index < -0.39 is 0 Å². The third-order valence-corrected chi connectivity index (χ3v) is 3.83. The van der Waals surface area contributed by atoms with Crippen molar-refractivity contribution in [1.82, 2.24) is 15.0 Å². The van der Waals surface area contributed by atoms with Gasteiger partial charge in [0.05, 0.1) is 11.7 Å². The molecule has 0 atom stereocenters. The van der Waals surface area contributed by atoms with Gasteiger partial charge in [0.25, 0.3) is 0 Å². The van der Waals surface area contributed by atoms with Gasteiger partial charge in [0.1, 0.15) is 5.75 Å². The lowest BCUT2D eigenvalue weighted by Gasteiger charge is -2.08. The number of nitrogens with one attached hydrogen (secondary N) is 1. The van der Waals surface area contributed by atoms with Crippen LogP contribution in [0.15, 0.2) is 78.2 Å². The number of hydrogen-bond acceptors (Lipinski definition) is 6. The molecule has 4 rings (SSSR count). The number of nitrogens with zero attached hydrogens (tertiary/aromatic N) is 4. The van der Waals surface area contributed by atoms with E-state index in [1.54, 1.807) is 36.8 Å². The molecule has 0 amide bonds. The highest BCUT2D eigenvalue weighted by Crippen LogP contribution is 2.24. The first kappa shape index (κ1) is 15.7. The Bertz CT molecular complexity index is 1080. The summed E-state index contributed by atoms with van der Waals surface area (Å²) >= 11 is 0. The molecule has 126 valence electrons. The van der Waals surface area contributed by atoms with E-state index in [4.69, 9.17) is 0 Å². The van der Waals surface area contributed by atoms with Crippen LogP contribution in [0.5, 0.6) is 5.75 Å². The van der Waals surface area contributed by atoms with E-state index in [1.165, 1.54) is 0 Å². The number of hydrogen-bond donors (Lipinski definition) is 2. The second kappa shape index (κ2) is 6.98. The van der Waals surface area contributed by atoms with Crippen molar-refractivity contribution in [1.29, 1.82) is 0 Å². The highest BCUT2D eigenvalue weighted by molar-refractivity contribution is 5.91. The lowest BCUT2D eigenvalue weighted by atomic mass is 10.2. The Balaban J connectivity index is 1.73. The number of pyridine rings is 1. The van der Waals surface area contributed by atoms with Gasteiger partial charge in [-0.05, 0) is 36.4 Å². The molecule has 6 nitrogen and oxygen atoms in total. The molecule has 0 aliphatic rings. The summed E-state index contributed by atoms with van der Waals surface area (Å²) < 4.78 is 0. The Kier molecular flexibility index (Phi) is 4.22. The molecule has 0 spiro atoms. The molecule has 0 saturated heterocycles. The van der Waals surface area contributed by atoms with Crippen molar-refractivity contribution in [3.05, 3.63) is 78.6 Å². The van der Waals surface area contributed by atoms with E-state index in [2.05, 4.69) is 25.5 Å². The molecule has 0 aliphatic carbocycles. The van der Waals surface area contributed by atoms with E-state index >= 15 is 0 Å². The summed E-state index contributed by atoms with van der Waals surface area (Å²) in [6.45, 7) is 0.